The van der Waals surface area contributed by atoms with Gasteiger partial charge in [-0.25, -0.2) is 0 Å². The zero-order valence-electron chi connectivity index (χ0n) is 12.8. The summed E-state index contributed by atoms with van der Waals surface area (Å²) in [5, 5.41) is 6.16. The minimum Gasteiger partial charge on any atom is -0.497 e. The van der Waals surface area contributed by atoms with Crippen molar-refractivity contribution in [1.29, 1.82) is 0 Å². The van der Waals surface area contributed by atoms with Crippen LogP contribution in [0.15, 0.2) is 12.1 Å². The van der Waals surface area contributed by atoms with Crippen LogP contribution in [0.1, 0.15) is 38.1 Å². The molecule has 0 saturated heterocycles. The minimum absolute atomic E-state index is 0.0848. The molecule has 5 heteroatoms. The monoisotopic (exact) mass is 279 g/mol. The molecule has 1 aromatic rings. The molecule has 0 fully saturated rings. The molecule has 1 rings (SSSR count). The second kappa shape index (κ2) is 8.53. The number of hydrogen-bond donors (Lipinski definition) is 2. The topological polar surface area (TPSA) is 63.2 Å². The van der Waals surface area contributed by atoms with Crippen molar-refractivity contribution in [2.75, 3.05) is 13.7 Å². The smallest absolute Gasteiger partial charge is 0.221 e. The summed E-state index contributed by atoms with van der Waals surface area (Å²) in [6.45, 7) is 7.27. The lowest BCUT2D eigenvalue weighted by Gasteiger charge is -2.11. The van der Waals surface area contributed by atoms with Gasteiger partial charge in [0.05, 0.1) is 12.8 Å². The van der Waals surface area contributed by atoms with Gasteiger partial charge in [0.1, 0.15) is 5.75 Å². The standard InChI is InChI=1S/C15H25N3O2/c1-5-11(2)18-15(19)6-7-16-10-13-9-14(20-4)8-12(3)17-13/h8-9,11,16H,5-7,10H2,1-4H3,(H,18,19). The summed E-state index contributed by atoms with van der Waals surface area (Å²) in [5.74, 6) is 0.894. The second-order valence-electron chi connectivity index (χ2n) is 4.94. The quantitative estimate of drug-likeness (QED) is 0.712. The number of ether oxygens (including phenoxy) is 1. The van der Waals surface area contributed by atoms with Crippen molar-refractivity contribution in [3.63, 3.8) is 0 Å². The Morgan fingerprint density at radius 3 is 2.85 bits per heavy atom. The van der Waals surface area contributed by atoms with E-state index >= 15 is 0 Å². The van der Waals surface area contributed by atoms with E-state index in [0.29, 0.717) is 19.5 Å². The van der Waals surface area contributed by atoms with E-state index in [0.717, 1.165) is 23.6 Å². The van der Waals surface area contributed by atoms with E-state index in [4.69, 9.17) is 4.74 Å². The second-order valence-corrected chi connectivity index (χ2v) is 4.94. The van der Waals surface area contributed by atoms with Crippen molar-refractivity contribution >= 4 is 5.91 Å². The van der Waals surface area contributed by atoms with Gasteiger partial charge < -0.3 is 15.4 Å². The lowest BCUT2D eigenvalue weighted by Crippen LogP contribution is -2.33. The van der Waals surface area contributed by atoms with E-state index in [1.165, 1.54) is 0 Å². The Hall–Kier alpha value is -1.62. The number of amides is 1. The normalized spacial score (nSPS) is 12.0. The number of carbonyl (C=O) groups is 1. The summed E-state index contributed by atoms with van der Waals surface area (Å²) >= 11 is 0. The van der Waals surface area contributed by atoms with Crippen LogP contribution in [0.2, 0.25) is 0 Å². The molecule has 112 valence electrons. The number of nitrogens with zero attached hydrogens (tertiary/aromatic N) is 1. The maximum Gasteiger partial charge on any atom is 0.221 e. The van der Waals surface area contributed by atoms with Crippen molar-refractivity contribution < 1.29 is 9.53 Å². The van der Waals surface area contributed by atoms with Crippen molar-refractivity contribution in [3.8, 4) is 5.75 Å². The molecule has 0 aliphatic rings. The Morgan fingerprint density at radius 1 is 1.45 bits per heavy atom. The van der Waals surface area contributed by atoms with Gasteiger partial charge in [-0.15, -0.1) is 0 Å². The van der Waals surface area contributed by atoms with Crippen LogP contribution in [-0.4, -0.2) is 30.6 Å². The third-order valence-electron chi connectivity index (χ3n) is 3.07. The first-order chi connectivity index (χ1) is 9.55. The molecule has 0 bridgehead atoms. The number of nitrogens with one attached hydrogen (secondary N) is 2. The Labute approximate surface area is 121 Å². The molecule has 0 spiro atoms. The lowest BCUT2D eigenvalue weighted by molar-refractivity contribution is -0.121. The predicted octanol–water partition coefficient (Wildman–Crippen LogP) is 1.79. The third-order valence-corrected chi connectivity index (χ3v) is 3.07. The highest BCUT2D eigenvalue weighted by molar-refractivity contribution is 5.76. The Kier molecular flexibility index (Phi) is 7.01. The molecule has 1 heterocycles. The fourth-order valence-corrected chi connectivity index (χ4v) is 1.78. The Morgan fingerprint density at radius 2 is 2.20 bits per heavy atom. The van der Waals surface area contributed by atoms with Gasteiger partial charge in [-0.3, -0.25) is 9.78 Å². The number of methoxy groups -OCH3 is 1. The van der Waals surface area contributed by atoms with E-state index in [9.17, 15) is 4.79 Å². The van der Waals surface area contributed by atoms with E-state index in [1.54, 1.807) is 7.11 Å². The summed E-state index contributed by atoms with van der Waals surface area (Å²) in [7, 11) is 1.64. The molecule has 2 N–H and O–H groups in total. The molecule has 20 heavy (non-hydrogen) atoms. The summed E-state index contributed by atoms with van der Waals surface area (Å²) in [4.78, 5) is 16.0. The van der Waals surface area contributed by atoms with Crippen LogP contribution in [0.25, 0.3) is 0 Å². The molecule has 0 saturated carbocycles. The number of aryl methyl sites for hydroxylation is 1. The van der Waals surface area contributed by atoms with Gasteiger partial charge in [0.25, 0.3) is 0 Å². The average molecular weight is 279 g/mol. The highest BCUT2D eigenvalue weighted by atomic mass is 16.5. The van der Waals surface area contributed by atoms with Gasteiger partial charge in [-0.05, 0) is 20.3 Å². The van der Waals surface area contributed by atoms with Crippen molar-refractivity contribution in [1.82, 2.24) is 15.6 Å². The molecule has 1 atom stereocenters. The van der Waals surface area contributed by atoms with E-state index in [2.05, 4.69) is 22.5 Å². The van der Waals surface area contributed by atoms with E-state index in [-0.39, 0.29) is 11.9 Å². The van der Waals surface area contributed by atoms with Gasteiger partial charge in [-0.1, -0.05) is 6.92 Å². The van der Waals surface area contributed by atoms with Gasteiger partial charge in [-0.2, -0.15) is 0 Å². The van der Waals surface area contributed by atoms with Gasteiger partial charge in [0.15, 0.2) is 0 Å². The highest BCUT2D eigenvalue weighted by Gasteiger charge is 2.05. The molecule has 0 aliphatic heterocycles. The molecule has 5 nitrogen and oxygen atoms in total. The highest BCUT2D eigenvalue weighted by Crippen LogP contribution is 2.12. The third kappa shape index (κ3) is 6.02. The van der Waals surface area contributed by atoms with E-state index < -0.39 is 0 Å². The fourth-order valence-electron chi connectivity index (χ4n) is 1.78. The minimum atomic E-state index is 0.0848. The first-order valence-corrected chi connectivity index (χ1v) is 7.06. The lowest BCUT2D eigenvalue weighted by atomic mass is 10.2. The predicted molar refractivity (Wildman–Crippen MR) is 79.7 cm³/mol. The van der Waals surface area contributed by atoms with Crippen LogP contribution in [-0.2, 0) is 11.3 Å². The van der Waals surface area contributed by atoms with Crippen LogP contribution in [0.5, 0.6) is 5.75 Å². The van der Waals surface area contributed by atoms with Crippen LogP contribution in [0, 0.1) is 6.92 Å². The van der Waals surface area contributed by atoms with E-state index in [1.807, 2.05) is 26.0 Å². The molecule has 0 aliphatic carbocycles. The van der Waals surface area contributed by atoms with Crippen LogP contribution >= 0.6 is 0 Å². The number of pyridine rings is 1. The van der Waals surface area contributed by atoms with Crippen LogP contribution in [0.3, 0.4) is 0 Å². The maximum atomic E-state index is 11.6. The van der Waals surface area contributed by atoms with Crippen LogP contribution in [0.4, 0.5) is 0 Å². The van der Waals surface area contributed by atoms with Crippen molar-refractivity contribution in [2.45, 2.75) is 46.2 Å². The Bertz CT molecular complexity index is 435. The Balaban J connectivity index is 2.30. The van der Waals surface area contributed by atoms with Crippen molar-refractivity contribution in [3.05, 3.63) is 23.5 Å². The van der Waals surface area contributed by atoms with Gasteiger partial charge in [0, 0.05) is 43.4 Å². The van der Waals surface area contributed by atoms with Crippen LogP contribution < -0.4 is 15.4 Å². The molecular weight excluding hydrogens is 254 g/mol. The number of aromatic nitrogens is 1. The van der Waals surface area contributed by atoms with Gasteiger partial charge >= 0.3 is 0 Å². The maximum absolute atomic E-state index is 11.6. The zero-order chi connectivity index (χ0) is 15.0. The summed E-state index contributed by atoms with van der Waals surface area (Å²) in [6.07, 6.45) is 1.43. The number of rotatable bonds is 8. The first-order valence-electron chi connectivity index (χ1n) is 7.06. The molecule has 1 aromatic heterocycles. The van der Waals surface area contributed by atoms with Crippen molar-refractivity contribution in [2.24, 2.45) is 0 Å². The largest absolute Gasteiger partial charge is 0.497 e. The first kappa shape index (κ1) is 16.4. The fraction of sp³-hybridized carbons (Fsp3) is 0.600. The molecule has 0 aromatic carbocycles. The number of hydrogen-bond acceptors (Lipinski definition) is 4. The molecule has 1 unspecified atom stereocenters. The summed E-state index contributed by atoms with van der Waals surface area (Å²) in [5.41, 5.74) is 1.85. The summed E-state index contributed by atoms with van der Waals surface area (Å²) in [6, 6.07) is 4.03. The molecule has 0 radical (unpaired) electrons. The molecule has 1 amide bonds. The van der Waals surface area contributed by atoms with Gasteiger partial charge in [0.2, 0.25) is 5.91 Å². The summed E-state index contributed by atoms with van der Waals surface area (Å²) < 4.78 is 5.20. The average Bonchev–Trinajstić information content (AvgIpc) is 2.42. The molecular formula is C15H25N3O2. The number of carbonyl (C=O) groups excluding carboxylic acids is 1. The SMILES string of the molecule is CCC(C)NC(=O)CCNCc1cc(OC)cc(C)n1. The zero-order valence-corrected chi connectivity index (χ0v) is 12.8.